The molecule has 1 aromatic carbocycles. The Morgan fingerprint density at radius 2 is 1.75 bits per heavy atom. The van der Waals surface area contributed by atoms with Crippen LogP contribution in [0.4, 0.5) is 0 Å². The Kier molecular flexibility index (Phi) is 7.23. The Morgan fingerprint density at radius 3 is 2.33 bits per heavy atom. The van der Waals surface area contributed by atoms with Crippen LogP contribution in [0, 0.1) is 5.92 Å². The standard InChI is InChI=1S/C20H33NO3/c1-15(2)12-17-4-6-18(7-5-17)16(3)21-14-19(22)13-20(23)8-10-24-11-9-20/h4-7,15-16,19,21-23H,8-14H2,1-3H3. The van der Waals surface area contributed by atoms with Crippen molar-refractivity contribution in [2.45, 2.75) is 64.2 Å². The molecule has 1 aliphatic heterocycles. The predicted molar refractivity (Wildman–Crippen MR) is 97.0 cm³/mol. The Labute approximate surface area is 146 Å². The predicted octanol–water partition coefficient (Wildman–Crippen LogP) is 2.83. The summed E-state index contributed by atoms with van der Waals surface area (Å²) in [6, 6.07) is 8.88. The van der Waals surface area contributed by atoms with Crippen LogP contribution in [0.25, 0.3) is 0 Å². The van der Waals surface area contributed by atoms with E-state index >= 15 is 0 Å². The molecule has 0 saturated carbocycles. The van der Waals surface area contributed by atoms with Crippen LogP contribution in [0.5, 0.6) is 0 Å². The fourth-order valence-corrected chi connectivity index (χ4v) is 3.31. The van der Waals surface area contributed by atoms with Gasteiger partial charge in [-0.2, -0.15) is 0 Å². The zero-order valence-corrected chi connectivity index (χ0v) is 15.3. The van der Waals surface area contributed by atoms with E-state index < -0.39 is 11.7 Å². The number of hydrogen-bond acceptors (Lipinski definition) is 4. The summed E-state index contributed by atoms with van der Waals surface area (Å²) in [5.41, 5.74) is 1.81. The van der Waals surface area contributed by atoms with Gasteiger partial charge in [0.1, 0.15) is 0 Å². The van der Waals surface area contributed by atoms with E-state index in [2.05, 4.69) is 50.4 Å². The second kappa shape index (κ2) is 8.95. The summed E-state index contributed by atoms with van der Waals surface area (Å²) in [5.74, 6) is 0.664. The van der Waals surface area contributed by atoms with E-state index in [9.17, 15) is 10.2 Å². The summed E-state index contributed by atoms with van der Waals surface area (Å²) in [7, 11) is 0. The van der Waals surface area contributed by atoms with Gasteiger partial charge in [0.15, 0.2) is 0 Å². The number of aliphatic hydroxyl groups excluding tert-OH is 1. The van der Waals surface area contributed by atoms with Gasteiger partial charge in [0.25, 0.3) is 0 Å². The molecule has 0 bridgehead atoms. The van der Waals surface area contributed by atoms with E-state index in [1.807, 2.05) is 0 Å². The maximum Gasteiger partial charge on any atom is 0.0716 e. The minimum Gasteiger partial charge on any atom is -0.392 e. The molecule has 0 aromatic heterocycles. The van der Waals surface area contributed by atoms with Crippen molar-refractivity contribution in [2.75, 3.05) is 19.8 Å². The van der Waals surface area contributed by atoms with Gasteiger partial charge in [0, 0.05) is 32.2 Å². The van der Waals surface area contributed by atoms with Gasteiger partial charge in [-0.25, -0.2) is 0 Å². The second-order valence-electron chi connectivity index (χ2n) is 7.66. The van der Waals surface area contributed by atoms with E-state index in [-0.39, 0.29) is 6.04 Å². The lowest BCUT2D eigenvalue weighted by molar-refractivity contribution is -0.0862. The summed E-state index contributed by atoms with van der Waals surface area (Å²) in [5, 5.41) is 24.1. The van der Waals surface area contributed by atoms with Crippen molar-refractivity contribution in [3.05, 3.63) is 35.4 Å². The first kappa shape index (κ1) is 19.4. The summed E-state index contributed by atoms with van der Waals surface area (Å²) in [6.45, 7) is 8.20. The average Bonchev–Trinajstić information content (AvgIpc) is 2.53. The van der Waals surface area contributed by atoms with Gasteiger partial charge in [-0.05, 0) is 43.2 Å². The molecule has 24 heavy (non-hydrogen) atoms. The minimum absolute atomic E-state index is 0.178. The number of aliphatic hydroxyl groups is 2. The van der Waals surface area contributed by atoms with Gasteiger partial charge < -0.3 is 20.3 Å². The van der Waals surface area contributed by atoms with Crippen molar-refractivity contribution >= 4 is 0 Å². The van der Waals surface area contributed by atoms with Crippen LogP contribution < -0.4 is 5.32 Å². The number of ether oxygens (including phenoxy) is 1. The van der Waals surface area contributed by atoms with Crippen molar-refractivity contribution in [3.8, 4) is 0 Å². The van der Waals surface area contributed by atoms with Crippen molar-refractivity contribution < 1.29 is 14.9 Å². The van der Waals surface area contributed by atoms with Crippen LogP contribution in [0.3, 0.4) is 0 Å². The van der Waals surface area contributed by atoms with Crippen molar-refractivity contribution in [2.24, 2.45) is 5.92 Å². The van der Waals surface area contributed by atoms with Crippen LogP contribution in [0.2, 0.25) is 0 Å². The highest BCUT2D eigenvalue weighted by Gasteiger charge is 2.32. The van der Waals surface area contributed by atoms with Crippen molar-refractivity contribution in [1.82, 2.24) is 5.32 Å². The monoisotopic (exact) mass is 335 g/mol. The molecule has 0 aliphatic carbocycles. The minimum atomic E-state index is -0.777. The normalized spacial score (nSPS) is 20.1. The lowest BCUT2D eigenvalue weighted by atomic mass is 9.88. The molecule has 0 amide bonds. The molecule has 0 radical (unpaired) electrons. The zero-order chi connectivity index (χ0) is 17.6. The van der Waals surface area contributed by atoms with Crippen LogP contribution in [-0.2, 0) is 11.2 Å². The molecule has 4 heteroatoms. The first-order chi connectivity index (χ1) is 11.4. The maximum atomic E-state index is 10.5. The van der Waals surface area contributed by atoms with E-state index in [4.69, 9.17) is 4.74 Å². The van der Waals surface area contributed by atoms with Crippen LogP contribution >= 0.6 is 0 Å². The third-order valence-electron chi connectivity index (χ3n) is 4.82. The Hall–Kier alpha value is -0.940. The van der Waals surface area contributed by atoms with Gasteiger partial charge >= 0.3 is 0 Å². The fraction of sp³-hybridized carbons (Fsp3) is 0.700. The first-order valence-electron chi connectivity index (χ1n) is 9.18. The maximum absolute atomic E-state index is 10.5. The quantitative estimate of drug-likeness (QED) is 0.684. The summed E-state index contributed by atoms with van der Waals surface area (Å²) >= 11 is 0. The van der Waals surface area contributed by atoms with E-state index in [0.717, 1.165) is 6.42 Å². The van der Waals surface area contributed by atoms with Gasteiger partial charge in [0.05, 0.1) is 11.7 Å². The summed E-state index contributed by atoms with van der Waals surface area (Å²) < 4.78 is 5.28. The fourth-order valence-electron chi connectivity index (χ4n) is 3.31. The highest BCUT2D eigenvalue weighted by Crippen LogP contribution is 2.25. The zero-order valence-electron chi connectivity index (χ0n) is 15.3. The first-order valence-corrected chi connectivity index (χ1v) is 9.18. The lowest BCUT2D eigenvalue weighted by Gasteiger charge is -2.34. The third kappa shape index (κ3) is 6.17. The third-order valence-corrected chi connectivity index (χ3v) is 4.82. The SMILES string of the molecule is CC(C)Cc1ccc(C(C)NCC(O)CC2(O)CCOCC2)cc1. The number of nitrogens with one attached hydrogen (secondary N) is 1. The summed E-state index contributed by atoms with van der Waals surface area (Å²) in [4.78, 5) is 0. The number of hydrogen-bond donors (Lipinski definition) is 3. The molecule has 2 unspecified atom stereocenters. The Balaban J connectivity index is 1.78. The summed E-state index contributed by atoms with van der Waals surface area (Å²) in [6.07, 6.45) is 2.18. The van der Waals surface area contributed by atoms with Crippen molar-refractivity contribution in [1.29, 1.82) is 0 Å². The highest BCUT2D eigenvalue weighted by atomic mass is 16.5. The molecule has 1 heterocycles. The smallest absolute Gasteiger partial charge is 0.0716 e. The molecule has 2 rings (SSSR count). The molecule has 0 spiro atoms. The van der Waals surface area contributed by atoms with Crippen LogP contribution in [0.15, 0.2) is 24.3 Å². The second-order valence-corrected chi connectivity index (χ2v) is 7.66. The number of rotatable bonds is 8. The Morgan fingerprint density at radius 1 is 1.12 bits per heavy atom. The van der Waals surface area contributed by atoms with E-state index in [0.29, 0.717) is 44.9 Å². The molecule has 2 atom stereocenters. The topological polar surface area (TPSA) is 61.7 Å². The Bertz CT molecular complexity index is 480. The molecule has 1 aliphatic rings. The average molecular weight is 335 g/mol. The molecular formula is C20H33NO3. The molecular weight excluding hydrogens is 302 g/mol. The molecule has 1 aromatic rings. The molecule has 4 nitrogen and oxygen atoms in total. The molecule has 1 fully saturated rings. The lowest BCUT2D eigenvalue weighted by Crippen LogP contribution is -2.42. The highest BCUT2D eigenvalue weighted by molar-refractivity contribution is 5.25. The van der Waals surface area contributed by atoms with E-state index in [1.165, 1.54) is 11.1 Å². The van der Waals surface area contributed by atoms with Crippen LogP contribution in [-0.4, -0.2) is 41.7 Å². The largest absolute Gasteiger partial charge is 0.392 e. The molecule has 136 valence electrons. The van der Waals surface area contributed by atoms with Gasteiger partial charge in [-0.1, -0.05) is 38.1 Å². The number of benzene rings is 1. The van der Waals surface area contributed by atoms with Gasteiger partial charge in [-0.15, -0.1) is 0 Å². The van der Waals surface area contributed by atoms with Gasteiger partial charge in [0.2, 0.25) is 0 Å². The van der Waals surface area contributed by atoms with Gasteiger partial charge in [-0.3, -0.25) is 0 Å². The van der Waals surface area contributed by atoms with Crippen LogP contribution in [0.1, 0.15) is 57.2 Å². The van der Waals surface area contributed by atoms with E-state index in [1.54, 1.807) is 0 Å². The molecule has 3 N–H and O–H groups in total. The molecule has 1 saturated heterocycles. The van der Waals surface area contributed by atoms with Crippen molar-refractivity contribution in [3.63, 3.8) is 0 Å².